The lowest BCUT2D eigenvalue weighted by atomic mass is 10.1. The van der Waals surface area contributed by atoms with Crippen LogP contribution < -0.4 is 0 Å². The van der Waals surface area contributed by atoms with Crippen molar-refractivity contribution >= 4 is 0 Å². The maximum Gasteiger partial charge on any atom is 0.102 e. The van der Waals surface area contributed by atoms with Crippen LogP contribution in [0.5, 0.6) is 0 Å². The van der Waals surface area contributed by atoms with Gasteiger partial charge in [-0.25, -0.2) is 0 Å². The Labute approximate surface area is 74.5 Å². The fraction of sp³-hybridized carbons (Fsp3) is 0.400. The molecule has 2 N–H and O–H groups in total. The van der Waals surface area contributed by atoms with Gasteiger partial charge in [-0.2, -0.15) is 0 Å². The van der Waals surface area contributed by atoms with Gasteiger partial charge in [0.25, 0.3) is 0 Å². The van der Waals surface area contributed by atoms with Crippen LogP contribution in [0.2, 0.25) is 0 Å². The molecule has 0 heterocycles. The summed E-state index contributed by atoms with van der Waals surface area (Å²) < 4.78 is 0. The van der Waals surface area contributed by atoms with E-state index in [9.17, 15) is 0 Å². The number of aliphatic hydroxyl groups is 2. The minimum Gasteiger partial charge on any atom is -0.393 e. The van der Waals surface area contributed by atoms with Gasteiger partial charge < -0.3 is 10.2 Å². The molecular weight excluding hydrogens is 152 g/mol. The van der Waals surface area contributed by atoms with Crippen molar-refractivity contribution in [1.29, 1.82) is 0 Å². The third-order valence-electron chi connectivity index (χ3n) is 1.10. The summed E-state index contributed by atoms with van der Waals surface area (Å²) in [5, 5.41) is 17.5. The van der Waals surface area contributed by atoms with Crippen molar-refractivity contribution in [1.82, 2.24) is 0 Å². The molecule has 12 heavy (non-hydrogen) atoms. The highest BCUT2D eigenvalue weighted by Crippen LogP contribution is 2.02. The first-order chi connectivity index (χ1) is 5.76. The van der Waals surface area contributed by atoms with Gasteiger partial charge in [0.1, 0.15) is 6.10 Å². The molecule has 0 aliphatic rings. The molecule has 0 spiro atoms. The molecule has 0 aromatic rings. The molecule has 0 aliphatic carbocycles. The van der Waals surface area contributed by atoms with Crippen LogP contribution in [-0.2, 0) is 0 Å². The molecule has 0 bridgehead atoms. The Hall–Kier alpha value is -0.860. The molecule has 0 aliphatic heterocycles. The molecule has 1 atom stereocenters. The van der Waals surface area contributed by atoms with Crippen LogP contribution in [0.4, 0.5) is 0 Å². The lowest BCUT2D eigenvalue weighted by Gasteiger charge is -2.05. The predicted octanol–water partition coefficient (Wildman–Crippen LogP) is 1.66. The summed E-state index contributed by atoms with van der Waals surface area (Å²) in [5.41, 5.74) is 0.581. The van der Waals surface area contributed by atoms with Crippen molar-refractivity contribution in [2.24, 2.45) is 0 Å². The molecule has 0 radical (unpaired) electrons. The van der Waals surface area contributed by atoms with Crippen LogP contribution in [0.1, 0.15) is 13.8 Å². The van der Waals surface area contributed by atoms with Crippen molar-refractivity contribution in [3.63, 3.8) is 0 Å². The molecule has 0 amide bonds. The predicted molar refractivity (Wildman–Crippen MR) is 52.9 cm³/mol. The van der Waals surface area contributed by atoms with Crippen LogP contribution in [0.15, 0.2) is 37.0 Å². The second-order valence-electron chi connectivity index (χ2n) is 1.80. The van der Waals surface area contributed by atoms with E-state index in [0.717, 1.165) is 0 Å². The van der Waals surface area contributed by atoms with Crippen LogP contribution in [0.25, 0.3) is 0 Å². The average molecular weight is 170 g/mol. The van der Waals surface area contributed by atoms with E-state index in [1.165, 1.54) is 12.2 Å². The number of hydrogen-bond donors (Lipinski definition) is 2. The van der Waals surface area contributed by atoms with Gasteiger partial charge in [0.05, 0.1) is 6.61 Å². The van der Waals surface area contributed by atoms with Crippen molar-refractivity contribution in [2.75, 3.05) is 6.61 Å². The van der Waals surface area contributed by atoms with E-state index in [1.54, 1.807) is 6.08 Å². The first kappa shape index (κ1) is 13.7. The van der Waals surface area contributed by atoms with Gasteiger partial charge in [0, 0.05) is 0 Å². The van der Waals surface area contributed by atoms with Gasteiger partial charge in [0.15, 0.2) is 0 Å². The summed E-state index contributed by atoms with van der Waals surface area (Å²) >= 11 is 0. The number of rotatable bonds is 4. The molecule has 1 unspecified atom stereocenters. The van der Waals surface area contributed by atoms with Gasteiger partial charge in [-0.3, -0.25) is 0 Å². The molecule has 0 saturated carbocycles. The van der Waals surface area contributed by atoms with E-state index in [2.05, 4.69) is 13.2 Å². The van der Waals surface area contributed by atoms with Gasteiger partial charge in [-0.15, -0.1) is 0 Å². The fourth-order valence-electron chi connectivity index (χ4n) is 0.557. The highest BCUT2D eigenvalue weighted by molar-refractivity contribution is 5.24. The third-order valence-corrected chi connectivity index (χ3v) is 1.10. The molecule has 2 nitrogen and oxygen atoms in total. The van der Waals surface area contributed by atoms with Crippen LogP contribution in [0, 0.1) is 0 Å². The van der Waals surface area contributed by atoms with E-state index >= 15 is 0 Å². The van der Waals surface area contributed by atoms with Crippen molar-refractivity contribution in [3.05, 3.63) is 37.0 Å². The average Bonchev–Trinajstić information content (AvgIpc) is 2.16. The number of aliphatic hydroxyl groups excluding tert-OH is 2. The van der Waals surface area contributed by atoms with Crippen molar-refractivity contribution < 1.29 is 10.2 Å². The lowest BCUT2D eigenvalue weighted by molar-refractivity contribution is 0.125. The quantitative estimate of drug-likeness (QED) is 0.630. The van der Waals surface area contributed by atoms with Crippen LogP contribution in [-0.4, -0.2) is 22.9 Å². The monoisotopic (exact) mass is 170 g/mol. The van der Waals surface area contributed by atoms with E-state index in [1.807, 2.05) is 13.8 Å². The normalized spacial score (nSPS) is 12.5. The Morgan fingerprint density at radius 1 is 1.42 bits per heavy atom. The standard InChI is InChI=1S/C8H12O2.C2H6/c1-3-5-7(4-2)8(10)6-9;1-2/h3-5,8-10H,1-2,6H2;1-2H3/b7-5+;. The highest BCUT2D eigenvalue weighted by Gasteiger charge is 2.03. The van der Waals surface area contributed by atoms with E-state index < -0.39 is 6.10 Å². The summed E-state index contributed by atoms with van der Waals surface area (Å²) in [6.45, 7) is 10.6. The third kappa shape index (κ3) is 5.89. The smallest absolute Gasteiger partial charge is 0.102 e. The summed E-state index contributed by atoms with van der Waals surface area (Å²) in [6, 6.07) is 0. The molecule has 70 valence electrons. The second-order valence-corrected chi connectivity index (χ2v) is 1.80. The van der Waals surface area contributed by atoms with Gasteiger partial charge in [0.2, 0.25) is 0 Å². The first-order valence-corrected chi connectivity index (χ1v) is 4.00. The number of hydrogen-bond acceptors (Lipinski definition) is 2. The minimum atomic E-state index is -0.838. The zero-order chi connectivity index (χ0) is 9.98. The summed E-state index contributed by atoms with van der Waals surface area (Å²) in [6.07, 6.45) is 3.79. The molecule has 0 rings (SSSR count). The summed E-state index contributed by atoms with van der Waals surface area (Å²) in [7, 11) is 0. The van der Waals surface area contributed by atoms with Gasteiger partial charge >= 0.3 is 0 Å². The molecule has 2 heteroatoms. The highest BCUT2D eigenvalue weighted by atomic mass is 16.3. The molecule has 0 fully saturated rings. The number of allylic oxidation sites excluding steroid dienone is 2. The molecule has 0 aromatic heterocycles. The summed E-state index contributed by atoms with van der Waals surface area (Å²) in [5.74, 6) is 0. The maximum absolute atomic E-state index is 9.01. The Bertz CT molecular complexity index is 148. The van der Waals surface area contributed by atoms with E-state index in [-0.39, 0.29) is 6.61 Å². The molecule has 0 saturated heterocycles. The van der Waals surface area contributed by atoms with Crippen LogP contribution >= 0.6 is 0 Å². The van der Waals surface area contributed by atoms with Gasteiger partial charge in [-0.1, -0.05) is 45.2 Å². The minimum absolute atomic E-state index is 0.286. The Morgan fingerprint density at radius 3 is 2.17 bits per heavy atom. The Morgan fingerprint density at radius 2 is 1.92 bits per heavy atom. The molecular formula is C10H18O2. The molecule has 0 aromatic carbocycles. The zero-order valence-electron chi connectivity index (χ0n) is 7.83. The first-order valence-electron chi connectivity index (χ1n) is 4.00. The Balaban J connectivity index is 0. The van der Waals surface area contributed by atoms with E-state index in [0.29, 0.717) is 5.57 Å². The Kier molecular flexibility index (Phi) is 11.6. The van der Waals surface area contributed by atoms with Crippen LogP contribution in [0.3, 0.4) is 0 Å². The second kappa shape index (κ2) is 10.1. The topological polar surface area (TPSA) is 40.5 Å². The van der Waals surface area contributed by atoms with Crippen molar-refractivity contribution in [2.45, 2.75) is 20.0 Å². The van der Waals surface area contributed by atoms with Crippen molar-refractivity contribution in [3.8, 4) is 0 Å². The fourth-order valence-corrected chi connectivity index (χ4v) is 0.557. The largest absolute Gasteiger partial charge is 0.393 e. The zero-order valence-corrected chi connectivity index (χ0v) is 7.83. The summed E-state index contributed by atoms with van der Waals surface area (Å²) in [4.78, 5) is 0. The van der Waals surface area contributed by atoms with Gasteiger partial charge in [-0.05, 0) is 5.57 Å². The maximum atomic E-state index is 9.01. The lowest BCUT2D eigenvalue weighted by Crippen LogP contribution is -2.13. The SMILES string of the molecule is C=C/C=C(\C=C)C(O)CO.CC. The van der Waals surface area contributed by atoms with E-state index in [4.69, 9.17) is 10.2 Å².